The third kappa shape index (κ3) is 4.84. The van der Waals surface area contributed by atoms with Gasteiger partial charge in [-0.2, -0.15) is 0 Å². The van der Waals surface area contributed by atoms with Crippen LogP contribution in [0.25, 0.3) is 22.4 Å². The Balaban J connectivity index is 1.14. The van der Waals surface area contributed by atoms with Crippen molar-refractivity contribution < 1.29 is 19.4 Å². The minimum atomic E-state index is -0.861. The van der Waals surface area contributed by atoms with E-state index in [1.54, 1.807) is 0 Å². The van der Waals surface area contributed by atoms with Crippen LogP contribution in [0.1, 0.15) is 79.0 Å². The summed E-state index contributed by atoms with van der Waals surface area (Å²) in [5.41, 5.74) is 7.47. The Morgan fingerprint density at radius 1 is 0.977 bits per heavy atom. The first-order chi connectivity index (χ1) is 20.9. The molecule has 3 aliphatic rings. The molecule has 3 aromatic carbocycles. The van der Waals surface area contributed by atoms with Gasteiger partial charge in [0.2, 0.25) is 0 Å². The number of nitrogens with zero attached hydrogens (tertiary/aromatic N) is 2. The third-order valence-electron chi connectivity index (χ3n) is 9.55. The number of imidazole rings is 1. The van der Waals surface area contributed by atoms with E-state index >= 15 is 0 Å². The number of hydrogen-bond donors (Lipinski definition) is 3. The second-order valence-corrected chi connectivity index (χ2v) is 12.3. The van der Waals surface area contributed by atoms with E-state index in [9.17, 15) is 14.7 Å². The number of ether oxygens (including phenoxy) is 1. The fourth-order valence-corrected chi connectivity index (χ4v) is 7.56. The van der Waals surface area contributed by atoms with Crippen LogP contribution < -0.4 is 5.32 Å². The van der Waals surface area contributed by atoms with Gasteiger partial charge in [0, 0.05) is 12.1 Å². The van der Waals surface area contributed by atoms with Gasteiger partial charge in [-0.3, -0.25) is 4.79 Å². The zero-order valence-electron chi connectivity index (χ0n) is 24.4. The number of aromatic amines is 1. The van der Waals surface area contributed by atoms with Crippen LogP contribution in [0.2, 0.25) is 0 Å². The second kappa shape index (κ2) is 10.9. The van der Waals surface area contributed by atoms with Crippen molar-refractivity contribution >= 4 is 12.0 Å². The molecule has 5 atom stereocenters. The summed E-state index contributed by atoms with van der Waals surface area (Å²) in [7, 11) is 1.29. The van der Waals surface area contributed by atoms with E-state index in [0.29, 0.717) is 29.7 Å². The van der Waals surface area contributed by atoms with Gasteiger partial charge in [-0.15, -0.1) is 0 Å². The molecule has 8 nitrogen and oxygen atoms in total. The smallest absolute Gasteiger partial charge is 0.407 e. The normalized spacial score (nSPS) is 22.8. The topological polar surface area (TPSA) is 108 Å². The Hall–Kier alpha value is -4.59. The molecule has 2 fully saturated rings. The molecule has 1 saturated heterocycles. The molecule has 0 radical (unpaired) electrons. The molecule has 1 aliphatic heterocycles. The largest absolute Gasteiger partial charge is 0.508 e. The minimum absolute atomic E-state index is 0.191. The van der Waals surface area contributed by atoms with Gasteiger partial charge in [0.1, 0.15) is 17.6 Å². The monoisotopic (exact) mass is 576 g/mol. The Kier molecular flexibility index (Phi) is 6.92. The molecule has 1 aromatic heterocycles. The number of hydrogen-bond acceptors (Lipinski definition) is 5. The molecule has 4 aromatic rings. The molecule has 2 unspecified atom stereocenters. The number of amides is 2. The maximum absolute atomic E-state index is 13.9. The summed E-state index contributed by atoms with van der Waals surface area (Å²) < 4.78 is 4.83. The number of nitrogens with one attached hydrogen (secondary N) is 2. The number of benzene rings is 3. The predicted octanol–water partition coefficient (Wildman–Crippen LogP) is 6.82. The van der Waals surface area contributed by atoms with Crippen molar-refractivity contribution in [3.63, 3.8) is 0 Å². The van der Waals surface area contributed by atoms with E-state index in [-0.39, 0.29) is 17.9 Å². The van der Waals surface area contributed by atoms with Crippen LogP contribution in [0.3, 0.4) is 0 Å². The number of carbonyl (C=O) groups is 2. The minimum Gasteiger partial charge on any atom is -0.508 e. The summed E-state index contributed by atoms with van der Waals surface area (Å²) in [5, 5.41) is 13.3. The number of phenols is 1. The van der Waals surface area contributed by atoms with Crippen LogP contribution in [0.4, 0.5) is 4.79 Å². The number of carbonyl (C=O) groups excluding carboxylic acids is 2. The number of fused-ring (bicyclic) bond motifs is 5. The molecular weight excluding hydrogens is 540 g/mol. The Bertz CT molecular complexity index is 1670. The highest BCUT2D eigenvalue weighted by atomic mass is 16.5. The molecule has 2 amide bonds. The fraction of sp³-hybridized carbons (Fsp3) is 0.343. The summed E-state index contributed by atoms with van der Waals surface area (Å²) >= 11 is 0. The number of alkyl carbamates (subject to hydrolysis) is 1. The van der Waals surface area contributed by atoms with Crippen LogP contribution in [-0.2, 0) is 9.53 Å². The van der Waals surface area contributed by atoms with Gasteiger partial charge in [0.15, 0.2) is 0 Å². The molecule has 7 rings (SSSR count). The van der Waals surface area contributed by atoms with Crippen LogP contribution >= 0.6 is 0 Å². The number of methoxy groups -OCH3 is 1. The fourth-order valence-electron chi connectivity index (χ4n) is 7.56. The van der Waals surface area contributed by atoms with Gasteiger partial charge >= 0.3 is 6.09 Å². The highest BCUT2D eigenvalue weighted by Gasteiger charge is 2.41. The molecule has 2 bridgehead atoms. The van der Waals surface area contributed by atoms with Gasteiger partial charge in [-0.1, -0.05) is 67.6 Å². The molecule has 2 aliphatic carbocycles. The lowest BCUT2D eigenvalue weighted by Crippen LogP contribution is -2.43. The van der Waals surface area contributed by atoms with Gasteiger partial charge < -0.3 is 25.0 Å². The van der Waals surface area contributed by atoms with Crippen molar-refractivity contribution in [2.24, 2.45) is 5.92 Å². The molecule has 1 saturated carbocycles. The lowest BCUT2D eigenvalue weighted by Gasteiger charge is -2.28. The molecule has 3 N–H and O–H groups in total. The first kappa shape index (κ1) is 27.3. The summed E-state index contributed by atoms with van der Waals surface area (Å²) in [5.74, 6) is 2.29. The van der Waals surface area contributed by atoms with Crippen molar-refractivity contribution in [3.8, 4) is 28.1 Å². The summed E-state index contributed by atoms with van der Waals surface area (Å²) in [6, 6.07) is 20.5. The average molecular weight is 577 g/mol. The van der Waals surface area contributed by atoms with Crippen molar-refractivity contribution in [1.82, 2.24) is 20.2 Å². The van der Waals surface area contributed by atoms with Gasteiger partial charge in [-0.25, -0.2) is 9.78 Å². The average Bonchev–Trinajstić information content (AvgIpc) is 3.85. The Morgan fingerprint density at radius 2 is 1.70 bits per heavy atom. The first-order valence-electron chi connectivity index (χ1n) is 15.1. The third-order valence-corrected chi connectivity index (χ3v) is 9.55. The van der Waals surface area contributed by atoms with E-state index in [1.165, 1.54) is 31.1 Å². The molecule has 2 heterocycles. The van der Waals surface area contributed by atoms with Crippen LogP contribution in [0.15, 0.2) is 72.9 Å². The zero-order chi connectivity index (χ0) is 29.7. The molecular formula is C35H36N4O4. The van der Waals surface area contributed by atoms with Crippen molar-refractivity contribution in [3.05, 3.63) is 95.4 Å². The Labute approximate surface area is 251 Å². The van der Waals surface area contributed by atoms with E-state index in [1.807, 2.05) is 47.5 Å². The predicted molar refractivity (Wildman–Crippen MR) is 163 cm³/mol. The Morgan fingerprint density at radius 3 is 2.44 bits per heavy atom. The summed E-state index contributed by atoms with van der Waals surface area (Å²) in [6.07, 6.45) is 5.47. The molecule has 220 valence electrons. The standard InChI is InChI=1S/C35H36N4O4/c1-20-16-28(39(19-20)34(41)32(38-35(42)43-2)23-6-4-3-5-7-23)33-36-18-27(37-33)22-10-8-21(9-11-22)26-14-15-29(40)31-25-13-12-24(17-25)30(26)31/h3-11,14-15,18,20,24-25,28,32,40H,12-13,16-17,19H2,1-2H3,(H,36,37)(H,38,42)/t20-,24?,25?,28-,32+/m0/s1. The van der Waals surface area contributed by atoms with E-state index < -0.39 is 12.1 Å². The first-order valence-corrected chi connectivity index (χ1v) is 15.1. The van der Waals surface area contributed by atoms with E-state index in [0.717, 1.165) is 41.1 Å². The van der Waals surface area contributed by atoms with Crippen LogP contribution in [-0.4, -0.2) is 45.6 Å². The number of H-pyrrole nitrogens is 1. The molecule has 0 spiro atoms. The van der Waals surface area contributed by atoms with Crippen LogP contribution in [0.5, 0.6) is 5.75 Å². The summed E-state index contributed by atoms with van der Waals surface area (Å²) in [6.45, 7) is 2.69. The number of rotatable bonds is 6. The number of aromatic hydroxyl groups is 1. The number of phenolic OH excluding ortho intramolecular Hbond substituents is 1. The maximum Gasteiger partial charge on any atom is 0.407 e. The lowest BCUT2D eigenvalue weighted by molar-refractivity contribution is -0.134. The van der Waals surface area contributed by atoms with E-state index in [2.05, 4.69) is 47.6 Å². The number of aromatic nitrogens is 2. The quantitative estimate of drug-likeness (QED) is 0.233. The highest BCUT2D eigenvalue weighted by Crippen LogP contribution is 2.58. The van der Waals surface area contributed by atoms with Crippen molar-refractivity contribution in [1.29, 1.82) is 0 Å². The van der Waals surface area contributed by atoms with Crippen molar-refractivity contribution in [2.75, 3.05) is 13.7 Å². The maximum atomic E-state index is 13.9. The molecule has 8 heteroatoms. The summed E-state index contributed by atoms with van der Waals surface area (Å²) in [4.78, 5) is 36.1. The highest BCUT2D eigenvalue weighted by molar-refractivity contribution is 5.87. The van der Waals surface area contributed by atoms with Gasteiger partial charge in [0.05, 0.1) is 25.0 Å². The molecule has 43 heavy (non-hydrogen) atoms. The SMILES string of the molecule is COC(=O)N[C@@H](C(=O)N1C[C@@H](C)C[C@H]1c1ncc(-c2ccc(-c3ccc(O)c4c3C3CCC4C3)cc2)[nH]1)c1ccccc1. The van der Waals surface area contributed by atoms with Crippen LogP contribution in [0, 0.1) is 5.92 Å². The van der Waals surface area contributed by atoms with E-state index in [4.69, 9.17) is 9.72 Å². The zero-order valence-corrected chi connectivity index (χ0v) is 24.4. The van der Waals surface area contributed by atoms with Gasteiger partial charge in [-0.05, 0) is 77.3 Å². The van der Waals surface area contributed by atoms with Gasteiger partial charge in [0.25, 0.3) is 5.91 Å². The van der Waals surface area contributed by atoms with Crippen molar-refractivity contribution in [2.45, 2.75) is 56.5 Å². The second-order valence-electron chi connectivity index (χ2n) is 12.3. The number of likely N-dealkylation sites (tertiary alicyclic amines) is 1. The lowest BCUT2D eigenvalue weighted by atomic mass is 9.85.